The Labute approximate surface area is 449 Å². The van der Waals surface area contributed by atoms with Gasteiger partial charge in [0.15, 0.2) is 6.10 Å². The first-order valence-electron chi connectivity index (χ1n) is 32.3. The largest absolute Gasteiger partial charge is 0.462 e. The van der Waals surface area contributed by atoms with E-state index in [9.17, 15) is 14.4 Å². The number of rotatable bonds is 60. The molecule has 6 nitrogen and oxygen atoms in total. The Morgan fingerprint density at radius 2 is 0.458 bits per heavy atom. The van der Waals surface area contributed by atoms with Crippen molar-refractivity contribution in [1.29, 1.82) is 0 Å². The predicted octanol–water partition coefficient (Wildman–Crippen LogP) is 21.8. The van der Waals surface area contributed by atoms with E-state index in [1.54, 1.807) is 0 Å². The van der Waals surface area contributed by atoms with Crippen molar-refractivity contribution in [1.82, 2.24) is 0 Å². The Balaban J connectivity index is 4.12. The molecule has 1 atom stereocenters. The summed E-state index contributed by atoms with van der Waals surface area (Å²) in [6.07, 6.45) is 73.5. The lowest BCUT2D eigenvalue weighted by atomic mass is 10.0. The van der Waals surface area contributed by atoms with Crippen LogP contribution in [0.15, 0.2) is 24.3 Å². The molecular weight excluding hydrogens is 889 g/mol. The lowest BCUT2D eigenvalue weighted by molar-refractivity contribution is -0.167. The lowest BCUT2D eigenvalue weighted by Crippen LogP contribution is -2.30. The Bertz CT molecular complexity index is 1160. The van der Waals surface area contributed by atoms with Crippen LogP contribution in [0.1, 0.15) is 361 Å². The highest BCUT2D eigenvalue weighted by Gasteiger charge is 2.19. The minimum absolute atomic E-state index is 0.0675. The molecule has 0 aliphatic rings. The van der Waals surface area contributed by atoms with Crippen molar-refractivity contribution in [2.24, 2.45) is 0 Å². The second kappa shape index (κ2) is 61.4. The summed E-state index contributed by atoms with van der Waals surface area (Å²) in [5.41, 5.74) is 0. The van der Waals surface area contributed by atoms with E-state index in [4.69, 9.17) is 14.2 Å². The fourth-order valence-corrected chi connectivity index (χ4v) is 9.79. The van der Waals surface area contributed by atoms with Crippen molar-refractivity contribution in [3.05, 3.63) is 24.3 Å². The molecule has 0 bridgehead atoms. The van der Waals surface area contributed by atoms with E-state index in [1.807, 2.05) is 0 Å². The summed E-state index contributed by atoms with van der Waals surface area (Å²) < 4.78 is 16.9. The summed E-state index contributed by atoms with van der Waals surface area (Å²) in [6, 6.07) is 0. The Hall–Kier alpha value is -2.11. The molecule has 0 saturated carbocycles. The van der Waals surface area contributed by atoms with E-state index in [1.165, 1.54) is 263 Å². The van der Waals surface area contributed by atoms with Crippen LogP contribution in [0.3, 0.4) is 0 Å². The number of esters is 3. The first-order chi connectivity index (χ1) is 35.5. The van der Waals surface area contributed by atoms with E-state index in [2.05, 4.69) is 45.1 Å². The molecule has 0 spiro atoms. The van der Waals surface area contributed by atoms with Gasteiger partial charge in [-0.25, -0.2) is 0 Å². The number of carbonyl (C=O) groups is 3. The second-order valence-electron chi connectivity index (χ2n) is 22.0. The molecule has 0 aromatic rings. The van der Waals surface area contributed by atoms with E-state index in [0.717, 1.165) is 57.8 Å². The Kier molecular flexibility index (Phi) is 59.6. The van der Waals surface area contributed by atoms with Crippen molar-refractivity contribution in [2.45, 2.75) is 367 Å². The molecule has 0 fully saturated rings. The van der Waals surface area contributed by atoms with Crippen LogP contribution < -0.4 is 0 Å². The van der Waals surface area contributed by atoms with Gasteiger partial charge < -0.3 is 14.2 Å². The molecule has 0 saturated heterocycles. The fraction of sp³-hybridized carbons (Fsp3) is 0.894. The van der Waals surface area contributed by atoms with E-state index in [-0.39, 0.29) is 31.1 Å². The molecule has 0 aliphatic heterocycles. The van der Waals surface area contributed by atoms with Gasteiger partial charge in [-0.05, 0) is 70.6 Å². The van der Waals surface area contributed by atoms with Crippen LogP contribution in [0.5, 0.6) is 0 Å². The molecule has 0 radical (unpaired) electrons. The third-order valence-electron chi connectivity index (χ3n) is 14.7. The molecule has 0 rings (SSSR count). The molecule has 0 aliphatic carbocycles. The van der Waals surface area contributed by atoms with Crippen LogP contribution in [-0.4, -0.2) is 37.2 Å². The zero-order valence-corrected chi connectivity index (χ0v) is 48.7. The molecule has 0 N–H and O–H groups in total. The third kappa shape index (κ3) is 58.8. The normalized spacial score (nSPS) is 12.1. The Morgan fingerprint density at radius 1 is 0.264 bits per heavy atom. The van der Waals surface area contributed by atoms with Crippen molar-refractivity contribution in [2.75, 3.05) is 13.2 Å². The monoisotopic (exact) mass is 1010 g/mol. The van der Waals surface area contributed by atoms with Crippen LogP contribution in [0.25, 0.3) is 0 Å². The standard InChI is InChI=1S/C66H124O6/c1-4-7-10-13-16-19-21-23-25-27-29-31-32-33-34-36-37-39-41-43-45-47-50-53-56-59-65(68)71-62-63(61-70-64(67)58-55-52-49-18-15-12-9-6-3)72-66(69)60-57-54-51-48-46-44-42-40-38-35-30-28-26-24-22-20-17-14-11-8-5-2/h27-30,63H,4-26,31-62H2,1-3H3/b29-27-,30-28-. The van der Waals surface area contributed by atoms with Gasteiger partial charge in [-0.15, -0.1) is 0 Å². The molecule has 0 aromatic carbocycles. The minimum atomic E-state index is -0.768. The second-order valence-corrected chi connectivity index (χ2v) is 22.0. The summed E-state index contributed by atoms with van der Waals surface area (Å²) in [4.78, 5) is 38.1. The average Bonchev–Trinajstić information content (AvgIpc) is 3.38. The fourth-order valence-electron chi connectivity index (χ4n) is 9.79. The number of ether oxygens (including phenoxy) is 3. The van der Waals surface area contributed by atoms with Crippen LogP contribution >= 0.6 is 0 Å². The molecule has 1 unspecified atom stereocenters. The predicted molar refractivity (Wildman–Crippen MR) is 312 cm³/mol. The SMILES string of the molecule is CCCCCCCCCC/C=C\CCCCCCCCCCCCCCCC(=O)OCC(COC(=O)CCCCCCCCCC)OC(=O)CCCCCCCCCCC/C=C\CCCCCCCCCC. The average molecular weight is 1010 g/mol. The molecule has 6 heteroatoms. The van der Waals surface area contributed by atoms with Crippen LogP contribution in [0, 0.1) is 0 Å². The first kappa shape index (κ1) is 69.9. The molecule has 0 amide bonds. The minimum Gasteiger partial charge on any atom is -0.462 e. The highest BCUT2D eigenvalue weighted by Crippen LogP contribution is 2.17. The maximum Gasteiger partial charge on any atom is 0.306 e. The van der Waals surface area contributed by atoms with Gasteiger partial charge >= 0.3 is 17.9 Å². The third-order valence-corrected chi connectivity index (χ3v) is 14.7. The smallest absolute Gasteiger partial charge is 0.306 e. The summed E-state index contributed by atoms with van der Waals surface area (Å²) in [5.74, 6) is -0.851. The number of unbranched alkanes of at least 4 members (excludes halogenated alkanes) is 45. The number of allylic oxidation sites excluding steroid dienone is 4. The number of carbonyl (C=O) groups excluding carboxylic acids is 3. The summed E-state index contributed by atoms with van der Waals surface area (Å²) >= 11 is 0. The van der Waals surface area contributed by atoms with Gasteiger partial charge in [0.05, 0.1) is 0 Å². The molecule has 0 heterocycles. The highest BCUT2D eigenvalue weighted by molar-refractivity contribution is 5.71. The van der Waals surface area contributed by atoms with Gasteiger partial charge in [-0.1, -0.05) is 295 Å². The topological polar surface area (TPSA) is 78.9 Å². The van der Waals surface area contributed by atoms with Gasteiger partial charge in [0, 0.05) is 19.3 Å². The van der Waals surface area contributed by atoms with Crippen molar-refractivity contribution < 1.29 is 28.6 Å². The quantitative estimate of drug-likeness (QED) is 0.0261. The van der Waals surface area contributed by atoms with Crippen LogP contribution in [-0.2, 0) is 28.6 Å². The van der Waals surface area contributed by atoms with Gasteiger partial charge in [-0.2, -0.15) is 0 Å². The maximum atomic E-state index is 12.9. The highest BCUT2D eigenvalue weighted by atomic mass is 16.6. The first-order valence-corrected chi connectivity index (χ1v) is 32.3. The van der Waals surface area contributed by atoms with Crippen LogP contribution in [0.4, 0.5) is 0 Å². The number of hydrogen-bond donors (Lipinski definition) is 0. The van der Waals surface area contributed by atoms with Gasteiger partial charge in [0.25, 0.3) is 0 Å². The molecular formula is C66H124O6. The Morgan fingerprint density at radius 3 is 0.694 bits per heavy atom. The lowest BCUT2D eigenvalue weighted by Gasteiger charge is -2.18. The molecule has 72 heavy (non-hydrogen) atoms. The van der Waals surface area contributed by atoms with Gasteiger partial charge in [-0.3, -0.25) is 14.4 Å². The molecule has 424 valence electrons. The zero-order valence-electron chi connectivity index (χ0n) is 48.7. The van der Waals surface area contributed by atoms with Crippen molar-refractivity contribution in [3.63, 3.8) is 0 Å². The van der Waals surface area contributed by atoms with Crippen molar-refractivity contribution in [3.8, 4) is 0 Å². The van der Waals surface area contributed by atoms with Crippen molar-refractivity contribution >= 4 is 17.9 Å². The van der Waals surface area contributed by atoms with E-state index >= 15 is 0 Å². The van der Waals surface area contributed by atoms with E-state index < -0.39 is 6.10 Å². The summed E-state index contributed by atoms with van der Waals surface area (Å²) in [6.45, 7) is 6.67. The summed E-state index contributed by atoms with van der Waals surface area (Å²) in [5, 5.41) is 0. The van der Waals surface area contributed by atoms with Gasteiger partial charge in [0.2, 0.25) is 0 Å². The summed E-state index contributed by atoms with van der Waals surface area (Å²) in [7, 11) is 0. The van der Waals surface area contributed by atoms with Crippen LogP contribution in [0.2, 0.25) is 0 Å². The van der Waals surface area contributed by atoms with E-state index in [0.29, 0.717) is 19.3 Å². The molecule has 0 aromatic heterocycles. The zero-order chi connectivity index (χ0) is 52.2. The maximum absolute atomic E-state index is 12.9. The number of hydrogen-bond acceptors (Lipinski definition) is 6. The van der Waals surface area contributed by atoms with Gasteiger partial charge in [0.1, 0.15) is 13.2 Å².